The van der Waals surface area contributed by atoms with Gasteiger partial charge < -0.3 is 16.0 Å². The molecule has 2 rings (SSSR count). The van der Waals surface area contributed by atoms with Gasteiger partial charge in [0.1, 0.15) is 5.02 Å². The second-order valence-electron chi connectivity index (χ2n) is 4.29. The van der Waals surface area contributed by atoms with Crippen molar-refractivity contribution >= 4 is 17.4 Å². The molecule has 0 radical (unpaired) electrons. The molecule has 0 aliphatic heterocycles. The van der Waals surface area contributed by atoms with Gasteiger partial charge in [-0.1, -0.05) is 11.6 Å². The minimum atomic E-state index is -0.317. The van der Waals surface area contributed by atoms with Crippen LogP contribution in [0, 0.1) is 5.41 Å². The van der Waals surface area contributed by atoms with E-state index in [4.69, 9.17) is 17.3 Å². The van der Waals surface area contributed by atoms with Crippen molar-refractivity contribution in [1.29, 1.82) is 0 Å². The van der Waals surface area contributed by atoms with Gasteiger partial charge in [0.25, 0.3) is 5.56 Å². The molecule has 0 spiro atoms. The summed E-state index contributed by atoms with van der Waals surface area (Å²) in [4.78, 5) is 17.6. The standard InChI is InChI=1S/C10H15ClN4O/c11-7-8(14-6-15-9(7)16)13-5-10(1-2-10)3-4-12/h6H,1-5,12H2,(H2,13,14,15,16). The molecule has 5 nitrogen and oxygen atoms in total. The highest BCUT2D eigenvalue weighted by Crippen LogP contribution is 2.48. The molecule has 4 N–H and O–H groups in total. The van der Waals surface area contributed by atoms with Gasteiger partial charge in [-0.15, -0.1) is 0 Å². The lowest BCUT2D eigenvalue weighted by atomic mass is 10.0. The van der Waals surface area contributed by atoms with Gasteiger partial charge in [-0.05, 0) is 31.2 Å². The maximum absolute atomic E-state index is 11.2. The van der Waals surface area contributed by atoms with Crippen LogP contribution in [0.25, 0.3) is 0 Å². The zero-order valence-corrected chi connectivity index (χ0v) is 9.68. The first-order valence-corrected chi connectivity index (χ1v) is 5.72. The fraction of sp³-hybridized carbons (Fsp3) is 0.600. The largest absolute Gasteiger partial charge is 0.368 e. The van der Waals surface area contributed by atoms with E-state index in [9.17, 15) is 4.79 Å². The van der Waals surface area contributed by atoms with Crippen LogP contribution >= 0.6 is 11.6 Å². The number of halogens is 1. The molecule has 1 aromatic heterocycles. The molecule has 0 saturated heterocycles. The maximum Gasteiger partial charge on any atom is 0.271 e. The van der Waals surface area contributed by atoms with E-state index in [0.29, 0.717) is 17.8 Å². The fourth-order valence-electron chi connectivity index (χ4n) is 1.78. The quantitative estimate of drug-likeness (QED) is 0.718. The van der Waals surface area contributed by atoms with Crippen molar-refractivity contribution in [2.45, 2.75) is 19.3 Å². The summed E-state index contributed by atoms with van der Waals surface area (Å²) in [6.07, 6.45) is 4.70. The van der Waals surface area contributed by atoms with E-state index in [1.165, 1.54) is 19.2 Å². The maximum atomic E-state index is 11.2. The fourth-order valence-corrected chi connectivity index (χ4v) is 1.95. The third-order valence-corrected chi connectivity index (χ3v) is 3.41. The van der Waals surface area contributed by atoms with E-state index in [1.807, 2.05) is 0 Å². The van der Waals surface area contributed by atoms with Gasteiger partial charge in [0.15, 0.2) is 5.82 Å². The van der Waals surface area contributed by atoms with Crippen molar-refractivity contribution in [1.82, 2.24) is 9.97 Å². The Bertz CT molecular complexity index is 427. The number of aromatic nitrogens is 2. The number of rotatable bonds is 5. The second-order valence-corrected chi connectivity index (χ2v) is 4.66. The molecule has 0 aromatic carbocycles. The Labute approximate surface area is 98.4 Å². The summed E-state index contributed by atoms with van der Waals surface area (Å²) in [7, 11) is 0. The lowest BCUT2D eigenvalue weighted by Crippen LogP contribution is -2.21. The van der Waals surface area contributed by atoms with Crippen LogP contribution in [0.3, 0.4) is 0 Å². The van der Waals surface area contributed by atoms with Crippen LogP contribution < -0.4 is 16.6 Å². The summed E-state index contributed by atoms with van der Waals surface area (Å²) in [5.41, 5.74) is 5.53. The molecule has 0 atom stereocenters. The van der Waals surface area contributed by atoms with Gasteiger partial charge >= 0.3 is 0 Å². The van der Waals surface area contributed by atoms with Gasteiger partial charge in [-0.2, -0.15) is 0 Å². The summed E-state index contributed by atoms with van der Waals surface area (Å²) in [5.74, 6) is 0.453. The zero-order valence-electron chi connectivity index (χ0n) is 8.92. The van der Waals surface area contributed by atoms with Crippen LogP contribution in [-0.4, -0.2) is 23.1 Å². The van der Waals surface area contributed by atoms with Crippen molar-refractivity contribution in [2.75, 3.05) is 18.4 Å². The molecule has 1 saturated carbocycles. The number of nitrogens with two attached hydrogens (primary N) is 1. The third kappa shape index (κ3) is 2.36. The number of hydrogen-bond donors (Lipinski definition) is 3. The Balaban J connectivity index is 2.00. The molecular weight excluding hydrogens is 228 g/mol. The molecule has 16 heavy (non-hydrogen) atoms. The topological polar surface area (TPSA) is 83.8 Å². The number of hydrogen-bond acceptors (Lipinski definition) is 4. The molecule has 0 bridgehead atoms. The van der Waals surface area contributed by atoms with Crippen molar-refractivity contribution in [3.8, 4) is 0 Å². The molecule has 1 aromatic rings. The van der Waals surface area contributed by atoms with Crippen LogP contribution in [0.2, 0.25) is 5.02 Å². The van der Waals surface area contributed by atoms with Gasteiger partial charge in [0.2, 0.25) is 0 Å². The summed E-state index contributed by atoms with van der Waals surface area (Å²) < 4.78 is 0. The summed E-state index contributed by atoms with van der Waals surface area (Å²) >= 11 is 5.83. The average Bonchev–Trinajstić information content (AvgIpc) is 3.02. The second kappa shape index (κ2) is 4.43. The molecular formula is C10H15ClN4O. The van der Waals surface area contributed by atoms with Crippen molar-refractivity contribution < 1.29 is 0 Å². The summed E-state index contributed by atoms with van der Waals surface area (Å²) in [6, 6.07) is 0. The first-order valence-electron chi connectivity index (χ1n) is 5.34. The van der Waals surface area contributed by atoms with Gasteiger partial charge in [-0.3, -0.25) is 4.79 Å². The smallest absolute Gasteiger partial charge is 0.271 e. The van der Waals surface area contributed by atoms with Crippen molar-refractivity contribution in [3.05, 3.63) is 21.7 Å². The molecule has 1 heterocycles. The van der Waals surface area contributed by atoms with E-state index in [1.54, 1.807) is 0 Å². The van der Waals surface area contributed by atoms with Gasteiger partial charge in [0, 0.05) is 6.54 Å². The van der Waals surface area contributed by atoms with E-state index in [2.05, 4.69) is 15.3 Å². The third-order valence-electron chi connectivity index (χ3n) is 3.06. The molecule has 0 amide bonds. The lowest BCUT2D eigenvalue weighted by molar-refractivity contribution is 0.500. The molecule has 1 fully saturated rings. The zero-order chi connectivity index (χ0) is 11.6. The first kappa shape index (κ1) is 11.4. The van der Waals surface area contributed by atoms with E-state index < -0.39 is 0 Å². The van der Waals surface area contributed by atoms with Crippen LogP contribution in [0.4, 0.5) is 5.82 Å². The predicted molar refractivity (Wildman–Crippen MR) is 63.7 cm³/mol. The minimum Gasteiger partial charge on any atom is -0.368 e. The highest BCUT2D eigenvalue weighted by molar-refractivity contribution is 6.32. The number of H-pyrrole nitrogens is 1. The number of aromatic amines is 1. The monoisotopic (exact) mass is 242 g/mol. The molecule has 0 unspecified atom stereocenters. The number of nitrogens with one attached hydrogen (secondary N) is 2. The van der Waals surface area contributed by atoms with Crippen LogP contribution in [0.1, 0.15) is 19.3 Å². The van der Waals surface area contributed by atoms with E-state index in [0.717, 1.165) is 13.0 Å². The lowest BCUT2D eigenvalue weighted by Gasteiger charge is -2.15. The molecule has 1 aliphatic rings. The average molecular weight is 243 g/mol. The Morgan fingerprint density at radius 3 is 3.00 bits per heavy atom. The molecule has 1 aliphatic carbocycles. The van der Waals surface area contributed by atoms with Gasteiger partial charge in [0.05, 0.1) is 6.33 Å². The SMILES string of the molecule is NCCC1(CNc2nc[nH]c(=O)c2Cl)CC1. The van der Waals surface area contributed by atoms with Crippen molar-refractivity contribution in [3.63, 3.8) is 0 Å². The highest BCUT2D eigenvalue weighted by atomic mass is 35.5. The summed E-state index contributed by atoms with van der Waals surface area (Å²) in [5, 5.41) is 3.24. The number of nitrogens with zero attached hydrogens (tertiary/aromatic N) is 1. The minimum absolute atomic E-state index is 0.117. The Hall–Kier alpha value is -1.07. The molecule has 6 heteroatoms. The number of anilines is 1. The van der Waals surface area contributed by atoms with Crippen LogP contribution in [-0.2, 0) is 0 Å². The van der Waals surface area contributed by atoms with E-state index >= 15 is 0 Å². The Morgan fingerprint density at radius 2 is 2.38 bits per heavy atom. The Morgan fingerprint density at radius 1 is 1.62 bits per heavy atom. The van der Waals surface area contributed by atoms with Crippen LogP contribution in [0.5, 0.6) is 0 Å². The highest BCUT2D eigenvalue weighted by Gasteiger charge is 2.41. The molecule has 88 valence electrons. The van der Waals surface area contributed by atoms with Crippen molar-refractivity contribution in [2.24, 2.45) is 11.1 Å². The van der Waals surface area contributed by atoms with Gasteiger partial charge in [-0.25, -0.2) is 4.98 Å². The normalized spacial score (nSPS) is 17.1. The first-order chi connectivity index (χ1) is 7.67. The predicted octanol–water partition coefficient (Wildman–Crippen LogP) is 0.964. The summed E-state index contributed by atoms with van der Waals surface area (Å²) in [6.45, 7) is 1.47. The van der Waals surface area contributed by atoms with E-state index in [-0.39, 0.29) is 10.6 Å². The Kier molecular flexibility index (Phi) is 3.16. The van der Waals surface area contributed by atoms with Crippen LogP contribution in [0.15, 0.2) is 11.1 Å².